The Kier molecular flexibility index (Phi) is 3.35. The number of aryl methyl sites for hydroxylation is 1. The van der Waals surface area contributed by atoms with Gasteiger partial charge in [0.2, 0.25) is 0 Å². The molecule has 0 N–H and O–H groups in total. The minimum absolute atomic E-state index is 0.0434. The van der Waals surface area contributed by atoms with Crippen molar-refractivity contribution in [1.82, 2.24) is 4.98 Å². The van der Waals surface area contributed by atoms with Crippen molar-refractivity contribution in [3.8, 4) is 0 Å². The molecule has 1 aromatic heterocycles. The van der Waals surface area contributed by atoms with Gasteiger partial charge in [-0.1, -0.05) is 6.07 Å². The van der Waals surface area contributed by atoms with Crippen LogP contribution in [0.1, 0.15) is 34.0 Å². The lowest BCUT2D eigenvalue weighted by Gasteiger charge is -2.11. The van der Waals surface area contributed by atoms with Gasteiger partial charge in [0.05, 0.1) is 11.6 Å². The second kappa shape index (κ2) is 5.00. The Hall–Kier alpha value is -1.30. The number of ketones is 1. The maximum Gasteiger partial charge on any atom is 0.172 e. The van der Waals surface area contributed by atoms with Crippen molar-refractivity contribution in [2.24, 2.45) is 0 Å². The average Bonchev–Trinajstić information content (AvgIpc) is 2.82. The zero-order chi connectivity index (χ0) is 13.4. The topological polar surface area (TPSA) is 30.0 Å². The third-order valence-corrected chi connectivity index (χ3v) is 4.36. The van der Waals surface area contributed by atoms with E-state index in [-0.39, 0.29) is 17.5 Å². The molecular weight excluding hydrogens is 356 g/mol. The van der Waals surface area contributed by atoms with Crippen LogP contribution < -0.4 is 0 Å². The molecule has 0 saturated heterocycles. The first-order valence-electron chi connectivity index (χ1n) is 6.10. The van der Waals surface area contributed by atoms with E-state index in [1.165, 1.54) is 12.1 Å². The summed E-state index contributed by atoms with van der Waals surface area (Å²) in [5, 5.41) is 0. The molecule has 1 heterocycles. The number of nitrogens with zero attached hydrogens (tertiary/aromatic N) is 1. The van der Waals surface area contributed by atoms with Crippen LogP contribution in [0.25, 0.3) is 0 Å². The lowest BCUT2D eigenvalue weighted by molar-refractivity contribution is 0.0957. The third kappa shape index (κ3) is 2.29. The van der Waals surface area contributed by atoms with E-state index in [9.17, 15) is 9.18 Å². The standard InChI is InChI=1S/C15H11FINO/c16-10-4-6-11(13(17)8-10)15(19)12-5-3-9-2-1-7-18-14(9)12/h1-2,4,6-8,12H,3,5H2. The summed E-state index contributed by atoms with van der Waals surface area (Å²) < 4.78 is 13.8. The van der Waals surface area contributed by atoms with Crippen molar-refractivity contribution < 1.29 is 9.18 Å². The van der Waals surface area contributed by atoms with Gasteiger partial charge in [0.15, 0.2) is 5.78 Å². The Morgan fingerprint density at radius 1 is 1.37 bits per heavy atom. The number of Topliss-reactive ketones (excluding diaryl/α,β-unsaturated/α-hetero) is 1. The van der Waals surface area contributed by atoms with Gasteiger partial charge in [0.1, 0.15) is 5.82 Å². The summed E-state index contributed by atoms with van der Waals surface area (Å²) in [5.41, 5.74) is 2.62. The first-order valence-corrected chi connectivity index (χ1v) is 7.18. The highest BCUT2D eigenvalue weighted by Gasteiger charge is 2.31. The van der Waals surface area contributed by atoms with Gasteiger partial charge in [0, 0.05) is 15.3 Å². The van der Waals surface area contributed by atoms with E-state index in [0.29, 0.717) is 9.13 Å². The predicted octanol–water partition coefficient (Wildman–Crippen LogP) is 3.74. The minimum Gasteiger partial charge on any atom is -0.293 e. The van der Waals surface area contributed by atoms with Crippen LogP contribution >= 0.6 is 22.6 Å². The molecule has 2 aromatic rings. The van der Waals surface area contributed by atoms with E-state index in [2.05, 4.69) is 4.98 Å². The quantitative estimate of drug-likeness (QED) is 0.598. The van der Waals surface area contributed by atoms with Gasteiger partial charge in [-0.25, -0.2) is 4.39 Å². The van der Waals surface area contributed by atoms with Crippen LogP contribution in [-0.4, -0.2) is 10.8 Å². The summed E-state index contributed by atoms with van der Waals surface area (Å²) in [5.74, 6) is -0.456. The first-order chi connectivity index (χ1) is 9.16. The SMILES string of the molecule is O=C(c1ccc(F)cc1I)C1CCc2cccnc21. The van der Waals surface area contributed by atoms with Crippen molar-refractivity contribution in [3.63, 3.8) is 0 Å². The highest BCUT2D eigenvalue weighted by Crippen LogP contribution is 2.34. The van der Waals surface area contributed by atoms with E-state index in [4.69, 9.17) is 0 Å². The van der Waals surface area contributed by atoms with Crippen molar-refractivity contribution in [3.05, 3.63) is 62.7 Å². The maximum atomic E-state index is 13.1. The Labute approximate surface area is 124 Å². The second-order valence-electron chi connectivity index (χ2n) is 4.63. The van der Waals surface area contributed by atoms with Gasteiger partial charge in [-0.3, -0.25) is 9.78 Å². The summed E-state index contributed by atoms with van der Waals surface area (Å²) in [7, 11) is 0. The van der Waals surface area contributed by atoms with Crippen molar-refractivity contribution in [1.29, 1.82) is 0 Å². The molecule has 19 heavy (non-hydrogen) atoms. The molecule has 2 nitrogen and oxygen atoms in total. The molecule has 0 bridgehead atoms. The van der Waals surface area contributed by atoms with Crippen LogP contribution in [0, 0.1) is 9.39 Å². The lowest BCUT2D eigenvalue weighted by Crippen LogP contribution is -2.13. The fourth-order valence-electron chi connectivity index (χ4n) is 2.54. The summed E-state index contributed by atoms with van der Waals surface area (Å²) in [6.45, 7) is 0. The zero-order valence-corrected chi connectivity index (χ0v) is 12.2. The smallest absolute Gasteiger partial charge is 0.172 e. The second-order valence-corrected chi connectivity index (χ2v) is 5.79. The average molecular weight is 367 g/mol. The molecule has 0 spiro atoms. The van der Waals surface area contributed by atoms with Gasteiger partial charge in [-0.2, -0.15) is 0 Å². The Balaban J connectivity index is 1.98. The molecule has 4 heteroatoms. The Bertz CT molecular complexity index is 656. The molecule has 96 valence electrons. The number of rotatable bonds is 2. The van der Waals surface area contributed by atoms with E-state index >= 15 is 0 Å². The molecule has 0 aliphatic heterocycles. The van der Waals surface area contributed by atoms with Crippen LogP contribution in [-0.2, 0) is 6.42 Å². The summed E-state index contributed by atoms with van der Waals surface area (Å²) in [6, 6.07) is 8.21. The number of hydrogen-bond donors (Lipinski definition) is 0. The number of carbonyl (C=O) groups excluding carboxylic acids is 1. The third-order valence-electron chi connectivity index (χ3n) is 3.47. The summed E-state index contributed by atoms with van der Waals surface area (Å²) in [4.78, 5) is 16.9. The predicted molar refractivity (Wildman–Crippen MR) is 78.7 cm³/mol. The van der Waals surface area contributed by atoms with E-state index in [1.807, 2.05) is 34.7 Å². The normalized spacial score (nSPS) is 17.3. The highest BCUT2D eigenvalue weighted by atomic mass is 127. The minimum atomic E-state index is -0.314. The number of hydrogen-bond acceptors (Lipinski definition) is 2. The van der Waals surface area contributed by atoms with Gasteiger partial charge >= 0.3 is 0 Å². The van der Waals surface area contributed by atoms with Crippen LogP contribution in [0.2, 0.25) is 0 Å². The molecule has 1 aliphatic carbocycles. The summed E-state index contributed by atoms with van der Waals surface area (Å²) in [6.07, 6.45) is 3.40. The summed E-state index contributed by atoms with van der Waals surface area (Å²) >= 11 is 2.01. The Morgan fingerprint density at radius 2 is 2.21 bits per heavy atom. The van der Waals surface area contributed by atoms with Crippen LogP contribution in [0.5, 0.6) is 0 Å². The molecule has 1 aromatic carbocycles. The van der Waals surface area contributed by atoms with Crippen LogP contribution in [0.3, 0.4) is 0 Å². The molecular formula is C15H11FINO. The first kappa shape index (κ1) is 12.7. The van der Waals surface area contributed by atoms with Crippen LogP contribution in [0.15, 0.2) is 36.5 Å². The van der Waals surface area contributed by atoms with Crippen molar-refractivity contribution in [2.45, 2.75) is 18.8 Å². The number of carbonyl (C=O) groups is 1. The van der Waals surface area contributed by atoms with Crippen molar-refractivity contribution >= 4 is 28.4 Å². The molecule has 1 atom stereocenters. The maximum absolute atomic E-state index is 13.1. The number of aromatic nitrogens is 1. The largest absolute Gasteiger partial charge is 0.293 e. The van der Waals surface area contributed by atoms with Crippen LogP contribution in [0.4, 0.5) is 4.39 Å². The Morgan fingerprint density at radius 3 is 3.00 bits per heavy atom. The van der Waals surface area contributed by atoms with Gasteiger partial charge in [-0.05, 0) is 65.3 Å². The number of fused-ring (bicyclic) bond motifs is 1. The fraction of sp³-hybridized carbons (Fsp3) is 0.200. The number of benzene rings is 1. The van der Waals surface area contributed by atoms with Gasteiger partial charge in [0.25, 0.3) is 0 Å². The molecule has 3 rings (SSSR count). The van der Waals surface area contributed by atoms with E-state index < -0.39 is 0 Å². The zero-order valence-electron chi connectivity index (χ0n) is 10.1. The van der Waals surface area contributed by atoms with E-state index in [0.717, 1.165) is 24.1 Å². The number of halogens is 2. The lowest BCUT2D eigenvalue weighted by atomic mass is 9.95. The monoisotopic (exact) mass is 367 g/mol. The molecule has 0 amide bonds. The van der Waals surface area contributed by atoms with Crippen molar-refractivity contribution in [2.75, 3.05) is 0 Å². The molecule has 1 unspecified atom stereocenters. The van der Waals surface area contributed by atoms with Gasteiger partial charge < -0.3 is 0 Å². The molecule has 1 aliphatic rings. The molecule has 0 fully saturated rings. The highest BCUT2D eigenvalue weighted by molar-refractivity contribution is 14.1. The van der Waals surface area contributed by atoms with Gasteiger partial charge in [-0.15, -0.1) is 0 Å². The van der Waals surface area contributed by atoms with E-state index in [1.54, 1.807) is 12.3 Å². The number of pyridine rings is 1. The molecule has 0 radical (unpaired) electrons. The fourth-order valence-corrected chi connectivity index (χ4v) is 3.29. The molecule has 0 saturated carbocycles.